The lowest BCUT2D eigenvalue weighted by atomic mass is 9.55. The molecule has 2 rings (SSSR count). The van der Waals surface area contributed by atoms with Crippen LogP contribution in [-0.4, -0.2) is 36.2 Å². The zero-order valence-electron chi connectivity index (χ0n) is 13.4. The molecule has 0 aliphatic heterocycles. The number of rotatable bonds is 2. The lowest BCUT2D eigenvalue weighted by Gasteiger charge is -2.52. The van der Waals surface area contributed by atoms with Gasteiger partial charge < -0.3 is 15.4 Å². The summed E-state index contributed by atoms with van der Waals surface area (Å²) in [4.78, 5) is 13.9. The van der Waals surface area contributed by atoms with E-state index in [9.17, 15) is 4.79 Å². The molecule has 1 amide bonds. The summed E-state index contributed by atoms with van der Waals surface area (Å²) >= 11 is 0. The first-order valence-electron chi connectivity index (χ1n) is 7.91. The number of hydrogen-bond donors (Lipinski definition) is 1. The molecular formula is C16H30N2O2. The number of nitrogens with two attached hydrogens (primary N) is 1. The van der Waals surface area contributed by atoms with Gasteiger partial charge in [0.2, 0.25) is 0 Å². The molecule has 20 heavy (non-hydrogen) atoms. The normalized spacial score (nSPS) is 33.6. The molecular weight excluding hydrogens is 252 g/mol. The fraction of sp³-hybridized carbons (Fsp3) is 0.938. The van der Waals surface area contributed by atoms with Crippen molar-refractivity contribution in [1.29, 1.82) is 0 Å². The summed E-state index contributed by atoms with van der Waals surface area (Å²) in [6.45, 7) is 6.57. The van der Waals surface area contributed by atoms with E-state index in [-0.39, 0.29) is 6.09 Å². The average molecular weight is 282 g/mol. The molecule has 2 aliphatic carbocycles. The minimum atomic E-state index is -0.413. The monoisotopic (exact) mass is 282 g/mol. The van der Waals surface area contributed by atoms with Gasteiger partial charge in [0.1, 0.15) is 5.60 Å². The number of hydrogen-bond acceptors (Lipinski definition) is 3. The molecule has 0 saturated heterocycles. The fourth-order valence-electron chi connectivity index (χ4n) is 3.83. The Balaban J connectivity index is 1.80. The molecule has 4 nitrogen and oxygen atoms in total. The molecule has 0 unspecified atom stereocenters. The van der Waals surface area contributed by atoms with Gasteiger partial charge in [0, 0.05) is 13.1 Å². The van der Waals surface area contributed by atoms with E-state index in [0.717, 1.165) is 25.3 Å². The molecule has 1 spiro atoms. The predicted octanol–water partition coefficient (Wildman–Crippen LogP) is 3.15. The third-order valence-corrected chi connectivity index (χ3v) is 5.02. The Kier molecular flexibility index (Phi) is 4.33. The van der Waals surface area contributed by atoms with Crippen LogP contribution in [0.5, 0.6) is 0 Å². The maximum atomic E-state index is 12.1. The summed E-state index contributed by atoms with van der Waals surface area (Å²) in [7, 11) is 1.88. The third kappa shape index (κ3) is 3.46. The molecule has 0 atom stereocenters. The van der Waals surface area contributed by atoms with Crippen molar-refractivity contribution in [3.8, 4) is 0 Å². The van der Waals surface area contributed by atoms with Crippen molar-refractivity contribution < 1.29 is 9.53 Å². The second-order valence-electron chi connectivity index (χ2n) is 7.83. The second kappa shape index (κ2) is 5.55. The van der Waals surface area contributed by atoms with Crippen LogP contribution in [0.15, 0.2) is 0 Å². The van der Waals surface area contributed by atoms with Crippen LogP contribution in [0, 0.1) is 11.3 Å². The van der Waals surface area contributed by atoms with Gasteiger partial charge >= 0.3 is 6.09 Å². The van der Waals surface area contributed by atoms with Crippen molar-refractivity contribution in [2.45, 2.75) is 70.9 Å². The first-order valence-corrected chi connectivity index (χ1v) is 7.91. The van der Waals surface area contributed by atoms with Crippen molar-refractivity contribution in [2.75, 3.05) is 13.6 Å². The summed E-state index contributed by atoms with van der Waals surface area (Å²) in [6, 6.07) is 0.340. The van der Waals surface area contributed by atoms with Gasteiger partial charge in [-0.15, -0.1) is 0 Å². The quantitative estimate of drug-likeness (QED) is 0.846. The van der Waals surface area contributed by atoms with Crippen molar-refractivity contribution in [2.24, 2.45) is 17.1 Å². The predicted molar refractivity (Wildman–Crippen MR) is 80.5 cm³/mol. The van der Waals surface area contributed by atoms with Crippen LogP contribution in [-0.2, 0) is 4.74 Å². The molecule has 0 radical (unpaired) electrons. The Bertz CT molecular complexity index is 346. The Morgan fingerprint density at radius 1 is 1.30 bits per heavy atom. The van der Waals surface area contributed by atoms with Crippen LogP contribution in [0.25, 0.3) is 0 Å². The number of carbonyl (C=O) groups excluding carboxylic acids is 1. The van der Waals surface area contributed by atoms with E-state index in [1.807, 2.05) is 27.8 Å². The molecule has 2 saturated carbocycles. The molecule has 0 bridgehead atoms. The summed E-state index contributed by atoms with van der Waals surface area (Å²) in [5, 5.41) is 0. The van der Waals surface area contributed by atoms with Crippen molar-refractivity contribution in [3.05, 3.63) is 0 Å². The van der Waals surface area contributed by atoms with Gasteiger partial charge in [-0.25, -0.2) is 4.79 Å². The molecule has 0 aromatic carbocycles. The lowest BCUT2D eigenvalue weighted by molar-refractivity contribution is -0.0170. The van der Waals surface area contributed by atoms with E-state index in [4.69, 9.17) is 10.5 Å². The molecule has 2 N–H and O–H groups in total. The first kappa shape index (κ1) is 15.6. The number of ether oxygens (including phenoxy) is 1. The molecule has 0 aromatic heterocycles. The minimum absolute atomic E-state index is 0.188. The smallest absolute Gasteiger partial charge is 0.410 e. The first-order chi connectivity index (χ1) is 9.25. The maximum absolute atomic E-state index is 12.1. The van der Waals surface area contributed by atoms with Crippen LogP contribution in [0.1, 0.15) is 59.3 Å². The summed E-state index contributed by atoms with van der Waals surface area (Å²) < 4.78 is 5.45. The van der Waals surface area contributed by atoms with Gasteiger partial charge in [-0.2, -0.15) is 0 Å². The molecule has 0 aromatic rings. The van der Waals surface area contributed by atoms with Gasteiger partial charge in [-0.05, 0) is 77.2 Å². The van der Waals surface area contributed by atoms with E-state index in [2.05, 4.69) is 0 Å². The van der Waals surface area contributed by atoms with Crippen molar-refractivity contribution >= 4 is 6.09 Å². The van der Waals surface area contributed by atoms with E-state index in [1.165, 1.54) is 25.7 Å². The van der Waals surface area contributed by atoms with Crippen molar-refractivity contribution in [3.63, 3.8) is 0 Å². The molecule has 0 heterocycles. The molecule has 4 heteroatoms. The van der Waals surface area contributed by atoms with Crippen LogP contribution >= 0.6 is 0 Å². The lowest BCUT2D eigenvalue weighted by Crippen LogP contribution is -2.48. The molecule has 2 aliphatic rings. The van der Waals surface area contributed by atoms with Crippen LogP contribution < -0.4 is 5.73 Å². The Morgan fingerprint density at radius 2 is 1.85 bits per heavy atom. The largest absolute Gasteiger partial charge is 0.444 e. The van der Waals surface area contributed by atoms with Gasteiger partial charge in [0.05, 0.1) is 0 Å². The maximum Gasteiger partial charge on any atom is 0.410 e. The van der Waals surface area contributed by atoms with E-state index in [1.54, 1.807) is 4.90 Å². The minimum Gasteiger partial charge on any atom is -0.444 e. The number of carbonyl (C=O) groups is 1. The van der Waals surface area contributed by atoms with Crippen LogP contribution in [0.4, 0.5) is 4.79 Å². The highest BCUT2D eigenvalue weighted by Gasteiger charge is 2.46. The summed E-state index contributed by atoms with van der Waals surface area (Å²) in [6.07, 6.45) is 7.09. The second-order valence-corrected chi connectivity index (χ2v) is 7.83. The third-order valence-electron chi connectivity index (χ3n) is 5.02. The average Bonchev–Trinajstić information content (AvgIpc) is 2.33. The van der Waals surface area contributed by atoms with E-state index in [0.29, 0.717) is 11.5 Å². The Labute approximate surface area is 123 Å². The van der Waals surface area contributed by atoms with Gasteiger partial charge in [0.15, 0.2) is 0 Å². The highest BCUT2D eigenvalue weighted by molar-refractivity contribution is 5.68. The van der Waals surface area contributed by atoms with Crippen LogP contribution in [0.3, 0.4) is 0 Å². The summed E-state index contributed by atoms with van der Waals surface area (Å²) in [5.74, 6) is 0.745. The SMILES string of the molecule is CN(C(=O)OC(C)(C)C)C1CCC2(CC1)CC(CN)C2. The van der Waals surface area contributed by atoms with E-state index < -0.39 is 5.60 Å². The number of amides is 1. The topological polar surface area (TPSA) is 55.6 Å². The Morgan fingerprint density at radius 3 is 2.30 bits per heavy atom. The Hall–Kier alpha value is -0.770. The zero-order chi connectivity index (χ0) is 15.0. The highest BCUT2D eigenvalue weighted by atomic mass is 16.6. The number of nitrogens with zero attached hydrogens (tertiary/aromatic N) is 1. The summed E-state index contributed by atoms with van der Waals surface area (Å²) in [5.41, 5.74) is 5.87. The standard InChI is InChI=1S/C16H30N2O2/c1-15(2,3)20-14(19)18(4)13-5-7-16(8-6-13)9-12(10-16)11-17/h12-13H,5-11,17H2,1-4H3. The molecule has 2 fully saturated rings. The van der Waals surface area contributed by atoms with Gasteiger partial charge in [0.25, 0.3) is 0 Å². The fourth-order valence-corrected chi connectivity index (χ4v) is 3.83. The van der Waals surface area contributed by atoms with Crippen molar-refractivity contribution in [1.82, 2.24) is 4.90 Å². The van der Waals surface area contributed by atoms with Gasteiger partial charge in [-0.3, -0.25) is 0 Å². The molecule has 116 valence electrons. The highest BCUT2D eigenvalue weighted by Crippen LogP contribution is 2.54. The van der Waals surface area contributed by atoms with Gasteiger partial charge in [-0.1, -0.05) is 0 Å². The van der Waals surface area contributed by atoms with Crippen LogP contribution in [0.2, 0.25) is 0 Å². The zero-order valence-corrected chi connectivity index (χ0v) is 13.4. The van der Waals surface area contributed by atoms with E-state index >= 15 is 0 Å².